The van der Waals surface area contributed by atoms with Gasteiger partial charge in [0.25, 0.3) is 0 Å². The number of ketones is 1. The zero-order chi connectivity index (χ0) is 32.8. The van der Waals surface area contributed by atoms with Gasteiger partial charge in [-0.2, -0.15) is 13.2 Å². The molecular weight excluding hydrogens is 603 g/mol. The Morgan fingerprint density at radius 3 is 2.09 bits per heavy atom. The SMILES string of the molecule is FC(F)(F)c1nnc2n1-c1ccc(-c3cccnc3)cc1CCC2.O/N=C1/CCCc2ccccc21.O=C1CCCc2ccccc21. The Labute approximate surface area is 270 Å². The number of pyridine rings is 1. The average molecular weight is 638 g/mol. The smallest absolute Gasteiger partial charge is 0.411 e. The van der Waals surface area contributed by atoms with Gasteiger partial charge in [0.05, 0.1) is 11.4 Å². The molecule has 0 amide bonds. The van der Waals surface area contributed by atoms with Crippen molar-refractivity contribution in [3.8, 4) is 16.8 Å². The van der Waals surface area contributed by atoms with Crippen molar-refractivity contribution in [2.75, 3.05) is 0 Å². The standard InChI is InChI=1S/C17H13F3N4.C10H11NO.C10H10O/c18-17(19,20)16-23-22-15-5-1-3-12-9-11(6-7-14(12)24(15)16)13-4-2-8-21-10-13;12-11-10-7-3-5-8-4-1-2-6-9(8)10;11-10-7-3-5-8-4-1-2-6-9(8)10/h2,4,6-10H,1,3,5H2;1-2,4,6,12H,3,5,7H2;1-2,4,6H,3,5,7H2/b;11-10-;. The van der Waals surface area contributed by atoms with E-state index in [0.29, 0.717) is 30.1 Å². The van der Waals surface area contributed by atoms with E-state index in [4.69, 9.17) is 5.21 Å². The lowest BCUT2D eigenvalue weighted by molar-refractivity contribution is -0.146. The first-order valence-corrected chi connectivity index (χ1v) is 15.8. The molecule has 10 heteroatoms. The van der Waals surface area contributed by atoms with Crippen LogP contribution in [0.15, 0.2) is 96.4 Å². The number of aromatic nitrogens is 4. The van der Waals surface area contributed by atoms with Crippen LogP contribution in [0.4, 0.5) is 13.2 Å². The van der Waals surface area contributed by atoms with Gasteiger partial charge in [-0.05, 0) is 91.0 Å². The van der Waals surface area contributed by atoms with Crippen molar-refractivity contribution in [3.05, 3.63) is 131 Å². The summed E-state index contributed by atoms with van der Waals surface area (Å²) in [5, 5.41) is 19.1. The van der Waals surface area contributed by atoms with Gasteiger partial charge in [0.1, 0.15) is 5.82 Å². The fourth-order valence-corrected chi connectivity index (χ4v) is 6.36. The van der Waals surface area contributed by atoms with Crippen LogP contribution in [0.5, 0.6) is 0 Å². The number of alkyl halides is 3. The Balaban J connectivity index is 0.000000140. The number of hydrogen-bond donors (Lipinski definition) is 1. The molecule has 0 saturated heterocycles. The summed E-state index contributed by atoms with van der Waals surface area (Å²) in [6.07, 6.45) is 6.72. The highest BCUT2D eigenvalue weighted by molar-refractivity contribution is 6.02. The van der Waals surface area contributed by atoms with Crippen molar-refractivity contribution in [2.45, 2.75) is 64.0 Å². The lowest BCUT2D eigenvalue weighted by Gasteiger charge is -2.15. The van der Waals surface area contributed by atoms with Gasteiger partial charge < -0.3 is 5.21 Å². The first-order valence-electron chi connectivity index (χ1n) is 15.8. The third-order valence-corrected chi connectivity index (χ3v) is 8.62. The third-order valence-electron chi connectivity index (χ3n) is 8.62. The van der Waals surface area contributed by atoms with E-state index in [-0.39, 0.29) is 0 Å². The average Bonchev–Trinajstić information content (AvgIpc) is 3.45. The number of carbonyl (C=O) groups is 1. The molecule has 1 N–H and O–H groups in total. The maximum absolute atomic E-state index is 13.2. The van der Waals surface area contributed by atoms with Crippen molar-refractivity contribution < 1.29 is 23.2 Å². The van der Waals surface area contributed by atoms with Crippen LogP contribution in [0.2, 0.25) is 0 Å². The van der Waals surface area contributed by atoms with E-state index in [1.165, 1.54) is 11.1 Å². The Kier molecular flexibility index (Phi) is 9.56. The first-order chi connectivity index (χ1) is 22.8. The van der Waals surface area contributed by atoms with E-state index in [1.807, 2.05) is 66.7 Å². The number of benzene rings is 3. The van der Waals surface area contributed by atoms with Crippen LogP contribution in [0.3, 0.4) is 0 Å². The van der Waals surface area contributed by atoms with Gasteiger partial charge in [-0.1, -0.05) is 65.8 Å². The summed E-state index contributed by atoms with van der Waals surface area (Å²) in [7, 11) is 0. The number of fused-ring (bicyclic) bond motifs is 5. The predicted octanol–water partition coefficient (Wildman–Crippen LogP) is 8.24. The molecule has 3 aliphatic rings. The fraction of sp³-hybridized carbons (Fsp3) is 0.270. The Bertz CT molecular complexity index is 1900. The summed E-state index contributed by atoms with van der Waals surface area (Å²) in [5.41, 5.74) is 8.66. The minimum Gasteiger partial charge on any atom is -0.411 e. The van der Waals surface area contributed by atoms with Gasteiger partial charge in [0.2, 0.25) is 5.82 Å². The second-order valence-corrected chi connectivity index (χ2v) is 11.7. The van der Waals surface area contributed by atoms with Crippen LogP contribution in [0.25, 0.3) is 16.8 Å². The number of carbonyl (C=O) groups excluding carboxylic acids is 1. The topological polar surface area (TPSA) is 93.3 Å². The summed E-state index contributed by atoms with van der Waals surface area (Å²) >= 11 is 0. The molecule has 0 unspecified atom stereocenters. The summed E-state index contributed by atoms with van der Waals surface area (Å²) in [4.78, 5) is 15.4. The fourth-order valence-electron chi connectivity index (χ4n) is 6.36. The highest BCUT2D eigenvalue weighted by atomic mass is 19.4. The van der Waals surface area contributed by atoms with Crippen molar-refractivity contribution in [1.82, 2.24) is 19.7 Å². The summed E-state index contributed by atoms with van der Waals surface area (Å²) < 4.78 is 40.9. The van der Waals surface area contributed by atoms with E-state index in [1.54, 1.807) is 18.5 Å². The molecule has 5 aromatic rings. The Hall–Kier alpha value is -5.12. The number of nitrogens with zero attached hydrogens (tertiary/aromatic N) is 5. The Morgan fingerprint density at radius 2 is 1.38 bits per heavy atom. The summed E-state index contributed by atoms with van der Waals surface area (Å²) in [6, 6.07) is 25.2. The van der Waals surface area contributed by atoms with Crippen LogP contribution in [0.1, 0.15) is 76.4 Å². The molecule has 240 valence electrons. The molecule has 3 aromatic carbocycles. The van der Waals surface area contributed by atoms with Gasteiger partial charge in [-0.3, -0.25) is 14.3 Å². The van der Waals surface area contributed by atoms with E-state index in [9.17, 15) is 18.0 Å². The maximum atomic E-state index is 13.2. The molecule has 47 heavy (non-hydrogen) atoms. The predicted molar refractivity (Wildman–Crippen MR) is 173 cm³/mol. The van der Waals surface area contributed by atoms with Gasteiger partial charge >= 0.3 is 6.18 Å². The van der Waals surface area contributed by atoms with Crippen LogP contribution in [-0.2, 0) is 31.9 Å². The minimum atomic E-state index is -4.53. The van der Waals surface area contributed by atoms with Crippen LogP contribution in [-0.4, -0.2) is 36.5 Å². The molecule has 2 aliphatic carbocycles. The molecule has 2 aromatic heterocycles. The quantitative estimate of drug-likeness (QED) is 0.148. The van der Waals surface area contributed by atoms with E-state index < -0.39 is 12.0 Å². The van der Waals surface area contributed by atoms with Crippen LogP contribution < -0.4 is 0 Å². The molecule has 7 nitrogen and oxygen atoms in total. The number of rotatable bonds is 1. The van der Waals surface area contributed by atoms with Crippen molar-refractivity contribution in [2.24, 2.45) is 5.16 Å². The van der Waals surface area contributed by atoms with Crippen LogP contribution in [0, 0.1) is 0 Å². The minimum absolute atomic E-state index is 0.312. The molecule has 0 fully saturated rings. The van der Waals surface area contributed by atoms with Gasteiger partial charge in [-0.15, -0.1) is 10.2 Å². The third kappa shape index (κ3) is 7.16. The largest absolute Gasteiger partial charge is 0.452 e. The van der Waals surface area contributed by atoms with Crippen molar-refractivity contribution in [1.29, 1.82) is 0 Å². The molecule has 0 radical (unpaired) electrons. The highest BCUT2D eigenvalue weighted by Gasteiger charge is 2.39. The van der Waals surface area contributed by atoms with Crippen molar-refractivity contribution in [3.63, 3.8) is 0 Å². The lowest BCUT2D eigenvalue weighted by Crippen LogP contribution is -2.15. The van der Waals surface area contributed by atoms with Gasteiger partial charge in [-0.25, -0.2) is 0 Å². The normalized spacial score (nSPS) is 15.8. The second-order valence-electron chi connectivity index (χ2n) is 11.7. The number of halogens is 3. The lowest BCUT2D eigenvalue weighted by atomic mass is 9.90. The van der Waals surface area contributed by atoms with Gasteiger partial charge in [0.15, 0.2) is 5.78 Å². The molecule has 0 spiro atoms. The molecule has 0 saturated carbocycles. The highest BCUT2D eigenvalue weighted by Crippen LogP contribution is 2.35. The number of hydrogen-bond acceptors (Lipinski definition) is 6. The van der Waals surface area contributed by atoms with Crippen molar-refractivity contribution >= 4 is 11.5 Å². The second kappa shape index (κ2) is 14.1. The monoisotopic (exact) mass is 637 g/mol. The van der Waals surface area contributed by atoms with Gasteiger partial charge in [0, 0.05) is 36.4 Å². The molecule has 8 rings (SSSR count). The number of aryl methyl sites for hydroxylation is 4. The molecule has 0 atom stereocenters. The van der Waals surface area contributed by atoms with Crippen LogP contribution >= 0.6 is 0 Å². The summed E-state index contributed by atoms with van der Waals surface area (Å²) in [6.45, 7) is 0. The number of Topliss-reactive ketones (excluding diaryl/α,β-unsaturated/α-hetero) is 1. The zero-order valence-electron chi connectivity index (χ0n) is 25.7. The van der Waals surface area contributed by atoms with E-state index in [0.717, 1.165) is 83.0 Å². The molecular formula is C37H34F3N5O2. The van der Waals surface area contributed by atoms with E-state index >= 15 is 0 Å². The number of oxime groups is 1. The first kappa shape index (κ1) is 31.8. The van der Waals surface area contributed by atoms with E-state index in [2.05, 4.69) is 26.4 Å². The zero-order valence-corrected chi connectivity index (χ0v) is 25.7. The summed E-state index contributed by atoms with van der Waals surface area (Å²) in [5.74, 6) is -0.295. The molecule has 1 aliphatic heterocycles. The molecule has 0 bridgehead atoms. The Morgan fingerprint density at radius 1 is 0.702 bits per heavy atom. The molecule has 3 heterocycles. The maximum Gasteiger partial charge on any atom is 0.452 e.